The van der Waals surface area contributed by atoms with Gasteiger partial charge in [-0.25, -0.2) is 4.39 Å². The Hall–Kier alpha value is -1.40. The van der Waals surface area contributed by atoms with Crippen molar-refractivity contribution in [2.24, 2.45) is 0 Å². The maximum Gasteiger partial charge on any atom is 0.127 e. The topological polar surface area (TPSA) is 27.0 Å². The van der Waals surface area contributed by atoms with E-state index in [0.29, 0.717) is 12.0 Å². The minimum absolute atomic E-state index is 0.289. The summed E-state index contributed by atoms with van der Waals surface area (Å²) in [7, 11) is 3.88. The Balaban J connectivity index is 2.76. The molecule has 1 atom stereocenters. The van der Waals surface area contributed by atoms with Gasteiger partial charge in [-0.3, -0.25) is 0 Å². The molecule has 0 heterocycles. The molecule has 80 valence electrons. The zero-order chi connectivity index (χ0) is 11.3. The van der Waals surface area contributed by atoms with E-state index in [4.69, 9.17) is 5.26 Å². The summed E-state index contributed by atoms with van der Waals surface area (Å²) in [6.07, 6.45) is 0.657. The molecule has 0 spiro atoms. The van der Waals surface area contributed by atoms with Crippen LogP contribution >= 0.6 is 0 Å². The summed E-state index contributed by atoms with van der Waals surface area (Å²) in [5.74, 6) is -0.642. The minimum Gasteiger partial charge on any atom is -0.309 e. The third kappa shape index (κ3) is 3.34. The summed E-state index contributed by atoms with van der Waals surface area (Å²) in [5.41, 5.74) is 0.502. The highest BCUT2D eigenvalue weighted by Crippen LogP contribution is 2.21. The van der Waals surface area contributed by atoms with Crippen LogP contribution in [-0.4, -0.2) is 25.5 Å². The number of hydrogen-bond donors (Lipinski definition) is 0. The number of nitriles is 1. The molecule has 1 aromatic carbocycles. The number of benzene rings is 1. The average molecular weight is 206 g/mol. The van der Waals surface area contributed by atoms with Crippen molar-refractivity contribution in [3.05, 3.63) is 35.6 Å². The van der Waals surface area contributed by atoms with Gasteiger partial charge in [0, 0.05) is 5.56 Å². The highest BCUT2D eigenvalue weighted by atomic mass is 19.1. The Morgan fingerprint density at radius 1 is 1.40 bits per heavy atom. The Morgan fingerprint density at radius 3 is 2.60 bits per heavy atom. The van der Waals surface area contributed by atoms with Crippen molar-refractivity contribution in [3.8, 4) is 6.07 Å². The van der Waals surface area contributed by atoms with Crippen molar-refractivity contribution in [2.45, 2.75) is 12.3 Å². The fourth-order valence-electron chi connectivity index (χ4n) is 1.43. The lowest BCUT2D eigenvalue weighted by Crippen LogP contribution is -2.15. The van der Waals surface area contributed by atoms with Gasteiger partial charge >= 0.3 is 0 Å². The van der Waals surface area contributed by atoms with Gasteiger partial charge in [-0.15, -0.1) is 0 Å². The summed E-state index contributed by atoms with van der Waals surface area (Å²) in [4.78, 5) is 1.99. The molecule has 0 N–H and O–H groups in total. The molecule has 0 aliphatic rings. The summed E-state index contributed by atoms with van der Waals surface area (Å²) >= 11 is 0. The quantitative estimate of drug-likeness (QED) is 0.756. The molecule has 0 fully saturated rings. The van der Waals surface area contributed by atoms with Crippen LogP contribution in [0.1, 0.15) is 17.9 Å². The molecular weight excluding hydrogens is 191 g/mol. The van der Waals surface area contributed by atoms with Crippen LogP contribution in [0.3, 0.4) is 0 Å². The second-order valence-electron chi connectivity index (χ2n) is 3.80. The Morgan fingerprint density at radius 2 is 2.07 bits per heavy atom. The van der Waals surface area contributed by atoms with E-state index in [1.807, 2.05) is 19.0 Å². The Labute approximate surface area is 89.9 Å². The van der Waals surface area contributed by atoms with Gasteiger partial charge in [0.2, 0.25) is 0 Å². The van der Waals surface area contributed by atoms with Crippen LogP contribution in [0.5, 0.6) is 0 Å². The van der Waals surface area contributed by atoms with Crippen molar-refractivity contribution in [1.29, 1.82) is 5.26 Å². The first-order valence-corrected chi connectivity index (χ1v) is 4.94. The molecule has 1 aromatic rings. The van der Waals surface area contributed by atoms with Gasteiger partial charge in [0.05, 0.1) is 12.0 Å². The molecule has 15 heavy (non-hydrogen) atoms. The van der Waals surface area contributed by atoms with Crippen molar-refractivity contribution < 1.29 is 4.39 Å². The summed E-state index contributed by atoms with van der Waals surface area (Å²) in [5, 5.41) is 8.98. The van der Waals surface area contributed by atoms with Crippen LogP contribution in [-0.2, 0) is 0 Å². The first-order valence-electron chi connectivity index (χ1n) is 4.94. The molecule has 0 saturated carbocycles. The third-order valence-corrected chi connectivity index (χ3v) is 2.30. The fraction of sp³-hybridized carbons (Fsp3) is 0.417. The second kappa shape index (κ2) is 5.47. The monoisotopic (exact) mass is 206 g/mol. The van der Waals surface area contributed by atoms with Gasteiger partial charge in [0.1, 0.15) is 5.82 Å². The number of halogens is 1. The van der Waals surface area contributed by atoms with E-state index in [-0.39, 0.29) is 11.7 Å². The van der Waals surface area contributed by atoms with E-state index in [2.05, 4.69) is 6.07 Å². The number of nitrogens with zero attached hydrogens (tertiary/aromatic N) is 2. The number of rotatable bonds is 4. The standard InChI is InChI=1S/C12H15FN2/c1-15(2)8-7-10(9-14)11-5-3-4-6-12(11)13/h3-6,10H,7-8H2,1-2H3. The lowest BCUT2D eigenvalue weighted by molar-refractivity contribution is 0.391. The Bertz CT molecular complexity index is 355. The first-order chi connectivity index (χ1) is 7.15. The second-order valence-corrected chi connectivity index (χ2v) is 3.80. The number of hydrogen-bond acceptors (Lipinski definition) is 2. The van der Waals surface area contributed by atoms with Gasteiger partial charge < -0.3 is 4.90 Å². The molecule has 0 aromatic heterocycles. The fourth-order valence-corrected chi connectivity index (χ4v) is 1.43. The molecule has 0 radical (unpaired) electrons. The zero-order valence-corrected chi connectivity index (χ0v) is 9.07. The summed E-state index contributed by atoms with van der Waals surface area (Å²) in [6.45, 7) is 0.784. The predicted octanol–water partition coefficient (Wildman–Crippen LogP) is 2.38. The summed E-state index contributed by atoms with van der Waals surface area (Å²) in [6, 6.07) is 8.63. The molecule has 0 amide bonds. The van der Waals surface area contributed by atoms with Crippen molar-refractivity contribution >= 4 is 0 Å². The van der Waals surface area contributed by atoms with Crippen LogP contribution < -0.4 is 0 Å². The molecule has 0 aliphatic carbocycles. The van der Waals surface area contributed by atoms with E-state index in [1.165, 1.54) is 6.07 Å². The molecule has 1 rings (SSSR count). The van der Waals surface area contributed by atoms with Crippen LogP contribution in [0.15, 0.2) is 24.3 Å². The van der Waals surface area contributed by atoms with E-state index in [9.17, 15) is 4.39 Å². The molecule has 2 nitrogen and oxygen atoms in total. The van der Waals surface area contributed by atoms with E-state index in [1.54, 1.807) is 18.2 Å². The smallest absolute Gasteiger partial charge is 0.127 e. The average Bonchev–Trinajstić information content (AvgIpc) is 2.21. The van der Waals surface area contributed by atoms with Crippen molar-refractivity contribution in [3.63, 3.8) is 0 Å². The SMILES string of the molecule is CN(C)CCC(C#N)c1ccccc1F. The van der Waals surface area contributed by atoms with Crippen molar-refractivity contribution in [2.75, 3.05) is 20.6 Å². The lowest BCUT2D eigenvalue weighted by Gasteiger charge is -2.13. The van der Waals surface area contributed by atoms with Crippen LogP contribution in [0.25, 0.3) is 0 Å². The summed E-state index contributed by atoms with van der Waals surface area (Å²) < 4.78 is 13.4. The zero-order valence-electron chi connectivity index (χ0n) is 9.07. The predicted molar refractivity (Wildman–Crippen MR) is 57.9 cm³/mol. The first kappa shape index (κ1) is 11.7. The van der Waals surface area contributed by atoms with Crippen LogP contribution in [0, 0.1) is 17.1 Å². The van der Waals surface area contributed by atoms with E-state index < -0.39 is 0 Å². The molecule has 3 heteroatoms. The third-order valence-electron chi connectivity index (χ3n) is 2.30. The van der Waals surface area contributed by atoms with Crippen LogP contribution in [0.2, 0.25) is 0 Å². The minimum atomic E-state index is -0.353. The maximum absolute atomic E-state index is 13.4. The molecule has 1 unspecified atom stereocenters. The van der Waals surface area contributed by atoms with Gasteiger partial charge in [-0.1, -0.05) is 18.2 Å². The van der Waals surface area contributed by atoms with Crippen molar-refractivity contribution in [1.82, 2.24) is 4.90 Å². The molecule has 0 bridgehead atoms. The highest BCUT2D eigenvalue weighted by Gasteiger charge is 2.14. The Kier molecular flexibility index (Phi) is 4.26. The van der Waals surface area contributed by atoms with E-state index in [0.717, 1.165) is 6.54 Å². The van der Waals surface area contributed by atoms with Gasteiger partial charge in [0.15, 0.2) is 0 Å². The molecular formula is C12H15FN2. The lowest BCUT2D eigenvalue weighted by atomic mass is 9.96. The maximum atomic E-state index is 13.4. The normalized spacial score (nSPS) is 12.5. The van der Waals surface area contributed by atoms with Crippen LogP contribution in [0.4, 0.5) is 4.39 Å². The van der Waals surface area contributed by atoms with Gasteiger partial charge in [-0.05, 0) is 33.1 Å². The largest absolute Gasteiger partial charge is 0.309 e. The molecule has 0 saturated heterocycles. The van der Waals surface area contributed by atoms with E-state index >= 15 is 0 Å². The molecule has 0 aliphatic heterocycles. The highest BCUT2D eigenvalue weighted by molar-refractivity contribution is 5.26. The van der Waals surface area contributed by atoms with Gasteiger partial charge in [-0.2, -0.15) is 5.26 Å². The van der Waals surface area contributed by atoms with Gasteiger partial charge in [0.25, 0.3) is 0 Å².